The van der Waals surface area contributed by atoms with Crippen LogP contribution < -0.4 is 10.1 Å². The first-order chi connectivity index (χ1) is 12.4. The summed E-state index contributed by atoms with van der Waals surface area (Å²) < 4.78 is 14.8. The van der Waals surface area contributed by atoms with E-state index in [4.69, 9.17) is 9.47 Å². The molecule has 0 fully saturated rings. The second kappa shape index (κ2) is 8.66. The molecular weight excluding hydrogens is 338 g/mol. The van der Waals surface area contributed by atoms with Crippen LogP contribution in [0.2, 0.25) is 0 Å². The zero-order valence-electron chi connectivity index (χ0n) is 14.7. The number of ether oxygens (including phenoxy) is 3. The van der Waals surface area contributed by atoms with Gasteiger partial charge in [0.15, 0.2) is 6.61 Å². The van der Waals surface area contributed by atoms with Gasteiger partial charge in [-0.2, -0.15) is 0 Å². The summed E-state index contributed by atoms with van der Waals surface area (Å²) in [5.41, 5.74) is 1.80. The van der Waals surface area contributed by atoms with Gasteiger partial charge in [0.1, 0.15) is 5.75 Å². The van der Waals surface area contributed by atoms with Crippen LogP contribution in [-0.2, 0) is 14.3 Å². The SMILES string of the molecule is COC(=O)c1cccc(C(=O)OCC(=O)Nc2cc(C)ccc2OC)c1. The summed E-state index contributed by atoms with van der Waals surface area (Å²) in [5, 5.41) is 2.63. The van der Waals surface area contributed by atoms with Gasteiger partial charge in [-0.3, -0.25) is 4.79 Å². The number of anilines is 1. The van der Waals surface area contributed by atoms with Crippen molar-refractivity contribution in [1.82, 2.24) is 0 Å². The van der Waals surface area contributed by atoms with Crippen molar-refractivity contribution in [2.24, 2.45) is 0 Å². The Labute approximate surface area is 150 Å². The number of esters is 2. The van der Waals surface area contributed by atoms with E-state index in [1.54, 1.807) is 12.1 Å². The summed E-state index contributed by atoms with van der Waals surface area (Å²) in [6.45, 7) is 1.40. The minimum atomic E-state index is -0.720. The molecule has 0 saturated carbocycles. The average Bonchev–Trinajstić information content (AvgIpc) is 2.65. The van der Waals surface area contributed by atoms with Crippen molar-refractivity contribution in [2.45, 2.75) is 6.92 Å². The normalized spacial score (nSPS) is 9.96. The quantitative estimate of drug-likeness (QED) is 0.799. The molecule has 7 nitrogen and oxygen atoms in total. The van der Waals surface area contributed by atoms with Gasteiger partial charge in [0.2, 0.25) is 0 Å². The first-order valence-corrected chi connectivity index (χ1v) is 7.74. The summed E-state index contributed by atoms with van der Waals surface area (Å²) >= 11 is 0. The fourth-order valence-electron chi connectivity index (χ4n) is 2.21. The lowest BCUT2D eigenvalue weighted by atomic mass is 10.1. The lowest BCUT2D eigenvalue weighted by Gasteiger charge is -2.11. The molecule has 1 N–H and O–H groups in total. The van der Waals surface area contributed by atoms with Gasteiger partial charge < -0.3 is 19.5 Å². The van der Waals surface area contributed by atoms with Crippen molar-refractivity contribution < 1.29 is 28.6 Å². The van der Waals surface area contributed by atoms with Gasteiger partial charge in [0.25, 0.3) is 5.91 Å². The second-order valence-electron chi connectivity index (χ2n) is 5.40. The van der Waals surface area contributed by atoms with Crippen LogP contribution in [0.1, 0.15) is 26.3 Å². The monoisotopic (exact) mass is 357 g/mol. The van der Waals surface area contributed by atoms with E-state index in [2.05, 4.69) is 10.1 Å². The highest BCUT2D eigenvalue weighted by Gasteiger charge is 2.14. The maximum Gasteiger partial charge on any atom is 0.338 e. The number of rotatable bonds is 6. The van der Waals surface area contributed by atoms with Gasteiger partial charge in [-0.25, -0.2) is 9.59 Å². The third-order valence-corrected chi connectivity index (χ3v) is 3.48. The maximum atomic E-state index is 12.1. The number of hydrogen-bond donors (Lipinski definition) is 1. The standard InChI is InChI=1S/C19H19NO6/c1-12-7-8-16(24-2)15(9-12)20-17(21)11-26-19(23)14-6-4-5-13(10-14)18(22)25-3/h4-10H,11H2,1-3H3,(H,20,21). The van der Waals surface area contributed by atoms with Crippen LogP contribution in [0.4, 0.5) is 5.69 Å². The maximum absolute atomic E-state index is 12.1. The average molecular weight is 357 g/mol. The molecule has 0 radical (unpaired) electrons. The van der Waals surface area contributed by atoms with Crippen molar-refractivity contribution in [1.29, 1.82) is 0 Å². The molecule has 0 aliphatic carbocycles. The predicted molar refractivity (Wildman–Crippen MR) is 94.4 cm³/mol. The number of hydrogen-bond acceptors (Lipinski definition) is 6. The highest BCUT2D eigenvalue weighted by Crippen LogP contribution is 2.25. The van der Waals surface area contributed by atoms with E-state index < -0.39 is 24.5 Å². The van der Waals surface area contributed by atoms with E-state index in [0.717, 1.165) is 5.56 Å². The van der Waals surface area contributed by atoms with E-state index in [9.17, 15) is 14.4 Å². The molecule has 0 unspecified atom stereocenters. The second-order valence-corrected chi connectivity index (χ2v) is 5.40. The summed E-state index contributed by atoms with van der Waals surface area (Å²) in [5.74, 6) is -1.29. The molecule has 0 atom stereocenters. The van der Waals surface area contributed by atoms with E-state index in [1.807, 2.05) is 13.0 Å². The van der Waals surface area contributed by atoms with Crippen molar-refractivity contribution in [3.05, 3.63) is 59.2 Å². The van der Waals surface area contributed by atoms with E-state index in [-0.39, 0.29) is 11.1 Å². The smallest absolute Gasteiger partial charge is 0.338 e. The van der Waals surface area contributed by atoms with E-state index >= 15 is 0 Å². The molecule has 0 heterocycles. The lowest BCUT2D eigenvalue weighted by Crippen LogP contribution is -2.21. The van der Waals surface area contributed by atoms with E-state index in [0.29, 0.717) is 11.4 Å². The molecule has 0 spiro atoms. The van der Waals surface area contributed by atoms with Crippen LogP contribution in [0.5, 0.6) is 5.75 Å². The first kappa shape index (κ1) is 19.0. The summed E-state index contributed by atoms with van der Waals surface area (Å²) in [7, 11) is 2.74. The van der Waals surface area contributed by atoms with Crippen molar-refractivity contribution in [3.8, 4) is 5.75 Å². The van der Waals surface area contributed by atoms with Crippen molar-refractivity contribution >= 4 is 23.5 Å². The molecule has 7 heteroatoms. The van der Waals surface area contributed by atoms with E-state index in [1.165, 1.54) is 38.5 Å². The molecule has 2 aromatic carbocycles. The summed E-state index contributed by atoms with van der Waals surface area (Å²) in [6, 6.07) is 11.2. The largest absolute Gasteiger partial charge is 0.495 e. The van der Waals surface area contributed by atoms with Gasteiger partial charge in [-0.15, -0.1) is 0 Å². The molecule has 2 rings (SSSR count). The molecule has 0 aliphatic heterocycles. The fraction of sp³-hybridized carbons (Fsp3) is 0.211. The Morgan fingerprint density at radius 1 is 0.962 bits per heavy atom. The topological polar surface area (TPSA) is 90.9 Å². The van der Waals surface area contributed by atoms with Gasteiger partial charge in [-0.1, -0.05) is 12.1 Å². The molecule has 0 aromatic heterocycles. The highest BCUT2D eigenvalue weighted by atomic mass is 16.5. The van der Waals surface area contributed by atoms with Gasteiger partial charge >= 0.3 is 11.9 Å². The Hall–Kier alpha value is -3.35. The Balaban J connectivity index is 1.98. The van der Waals surface area contributed by atoms with Gasteiger partial charge in [0.05, 0.1) is 31.0 Å². The fourth-order valence-corrected chi connectivity index (χ4v) is 2.21. The Morgan fingerprint density at radius 3 is 2.31 bits per heavy atom. The van der Waals surface area contributed by atoms with Gasteiger partial charge in [-0.05, 0) is 42.8 Å². The number of carbonyl (C=O) groups excluding carboxylic acids is 3. The third-order valence-electron chi connectivity index (χ3n) is 3.48. The van der Waals surface area contributed by atoms with Crippen LogP contribution in [0.25, 0.3) is 0 Å². The number of nitrogens with one attached hydrogen (secondary N) is 1. The number of benzene rings is 2. The van der Waals surface area contributed by atoms with Crippen molar-refractivity contribution in [2.75, 3.05) is 26.1 Å². The number of methoxy groups -OCH3 is 2. The number of carbonyl (C=O) groups is 3. The number of aryl methyl sites for hydroxylation is 1. The Kier molecular flexibility index (Phi) is 6.32. The molecular formula is C19H19NO6. The molecule has 0 saturated heterocycles. The summed E-state index contributed by atoms with van der Waals surface area (Å²) in [6.07, 6.45) is 0. The van der Waals surface area contributed by atoms with Crippen LogP contribution in [0.3, 0.4) is 0 Å². The zero-order valence-corrected chi connectivity index (χ0v) is 14.7. The summed E-state index contributed by atoms with van der Waals surface area (Å²) in [4.78, 5) is 35.6. The first-order valence-electron chi connectivity index (χ1n) is 7.74. The lowest BCUT2D eigenvalue weighted by molar-refractivity contribution is -0.119. The Morgan fingerprint density at radius 2 is 1.65 bits per heavy atom. The van der Waals surface area contributed by atoms with Crippen LogP contribution >= 0.6 is 0 Å². The molecule has 26 heavy (non-hydrogen) atoms. The number of amides is 1. The van der Waals surface area contributed by atoms with Crippen molar-refractivity contribution in [3.63, 3.8) is 0 Å². The minimum absolute atomic E-state index is 0.147. The molecule has 1 amide bonds. The zero-order chi connectivity index (χ0) is 19.1. The molecule has 0 bridgehead atoms. The van der Waals surface area contributed by atoms with Crippen LogP contribution in [0.15, 0.2) is 42.5 Å². The Bertz CT molecular complexity index is 831. The molecule has 2 aromatic rings. The minimum Gasteiger partial charge on any atom is -0.495 e. The van der Waals surface area contributed by atoms with Gasteiger partial charge in [0, 0.05) is 0 Å². The highest BCUT2D eigenvalue weighted by molar-refractivity contribution is 5.98. The third kappa shape index (κ3) is 4.83. The van der Waals surface area contributed by atoms with Crippen LogP contribution in [-0.4, -0.2) is 38.7 Å². The predicted octanol–water partition coefficient (Wildman–Crippen LogP) is 2.59. The van der Waals surface area contributed by atoms with Crippen LogP contribution in [0, 0.1) is 6.92 Å². The molecule has 0 aliphatic rings. The molecule has 136 valence electrons.